The highest BCUT2D eigenvalue weighted by Gasteiger charge is 2.23. The first kappa shape index (κ1) is 16.0. The van der Waals surface area contributed by atoms with Gasteiger partial charge in [0.05, 0.1) is 10.6 Å². The molecule has 0 bridgehead atoms. The molecule has 1 aliphatic carbocycles. The van der Waals surface area contributed by atoms with Crippen molar-refractivity contribution in [2.45, 2.75) is 25.7 Å². The van der Waals surface area contributed by atoms with Gasteiger partial charge in [-0.3, -0.25) is 9.59 Å². The molecule has 0 spiro atoms. The summed E-state index contributed by atoms with van der Waals surface area (Å²) >= 11 is 5.77. The first-order valence-corrected chi connectivity index (χ1v) is 8.60. The summed E-state index contributed by atoms with van der Waals surface area (Å²) in [6.45, 7) is 0. The highest BCUT2D eigenvalue weighted by Crippen LogP contribution is 2.31. The highest BCUT2D eigenvalue weighted by atomic mass is 35.5. The molecule has 25 heavy (non-hydrogen) atoms. The van der Waals surface area contributed by atoms with E-state index >= 15 is 0 Å². The van der Waals surface area contributed by atoms with Gasteiger partial charge in [0.2, 0.25) is 5.43 Å². The lowest BCUT2D eigenvalue weighted by molar-refractivity contribution is 0.628. The molecule has 5 heteroatoms. The molecule has 3 aromatic carbocycles. The quantitative estimate of drug-likeness (QED) is 0.710. The van der Waals surface area contributed by atoms with E-state index in [2.05, 4.69) is 5.32 Å². The lowest BCUT2D eigenvalue weighted by atomic mass is 9.88. The molecule has 0 heterocycles. The standard InChI is InChI=1S/C20H15ClFNO2/c21-15-10-14(7-8-16(15)22)23-18-17(19(24)20(18)25)13-6-5-11-3-1-2-4-12(11)9-13/h5-10,23H,1-4H2. The Kier molecular flexibility index (Phi) is 3.92. The zero-order valence-electron chi connectivity index (χ0n) is 13.4. The van der Waals surface area contributed by atoms with Crippen molar-refractivity contribution in [2.24, 2.45) is 0 Å². The Hall–Kier alpha value is -2.46. The third-order valence-corrected chi connectivity index (χ3v) is 5.03. The second-order valence-corrected chi connectivity index (χ2v) is 6.76. The Balaban J connectivity index is 1.72. The topological polar surface area (TPSA) is 46.2 Å². The van der Waals surface area contributed by atoms with Crippen LogP contribution < -0.4 is 16.2 Å². The number of aryl methyl sites for hydroxylation is 2. The maximum atomic E-state index is 13.3. The minimum atomic E-state index is -0.562. The molecule has 3 aromatic rings. The Morgan fingerprint density at radius 1 is 0.920 bits per heavy atom. The van der Waals surface area contributed by atoms with E-state index in [0.29, 0.717) is 11.3 Å². The average molecular weight is 356 g/mol. The van der Waals surface area contributed by atoms with Crippen LogP contribution in [0.2, 0.25) is 5.02 Å². The van der Waals surface area contributed by atoms with E-state index in [1.54, 1.807) is 0 Å². The van der Waals surface area contributed by atoms with Crippen LogP contribution in [0.1, 0.15) is 24.0 Å². The maximum absolute atomic E-state index is 13.3. The fourth-order valence-electron chi connectivity index (χ4n) is 3.39. The number of hydrogen-bond donors (Lipinski definition) is 1. The minimum Gasteiger partial charge on any atom is -0.352 e. The van der Waals surface area contributed by atoms with Crippen LogP contribution in [0.25, 0.3) is 11.1 Å². The van der Waals surface area contributed by atoms with Crippen molar-refractivity contribution in [1.82, 2.24) is 0 Å². The summed E-state index contributed by atoms with van der Waals surface area (Å²) in [5.41, 5.74) is 3.35. The summed E-state index contributed by atoms with van der Waals surface area (Å²) in [6.07, 6.45) is 4.38. The zero-order valence-corrected chi connectivity index (χ0v) is 14.1. The number of benzene rings is 2. The van der Waals surface area contributed by atoms with Crippen molar-refractivity contribution in [3.63, 3.8) is 0 Å². The third kappa shape index (κ3) is 2.76. The average Bonchev–Trinajstić information content (AvgIpc) is 2.63. The fraction of sp³-hybridized carbons (Fsp3) is 0.200. The maximum Gasteiger partial charge on any atom is 0.250 e. The second-order valence-electron chi connectivity index (χ2n) is 6.35. The lowest BCUT2D eigenvalue weighted by Gasteiger charge is -2.18. The molecule has 1 aliphatic rings. The molecule has 4 rings (SSSR count). The van der Waals surface area contributed by atoms with E-state index in [1.165, 1.54) is 35.7 Å². The van der Waals surface area contributed by atoms with Gasteiger partial charge in [0.25, 0.3) is 5.43 Å². The van der Waals surface area contributed by atoms with E-state index in [9.17, 15) is 14.0 Å². The molecule has 0 aromatic heterocycles. The summed E-state index contributed by atoms with van der Waals surface area (Å²) in [5, 5.41) is 2.87. The van der Waals surface area contributed by atoms with Gasteiger partial charge in [-0.25, -0.2) is 4.39 Å². The molecule has 3 nitrogen and oxygen atoms in total. The molecule has 0 aliphatic heterocycles. The minimum absolute atomic E-state index is 0.0426. The van der Waals surface area contributed by atoms with Crippen LogP contribution >= 0.6 is 11.6 Å². The van der Waals surface area contributed by atoms with Gasteiger partial charge in [0.1, 0.15) is 11.5 Å². The van der Waals surface area contributed by atoms with E-state index in [4.69, 9.17) is 11.6 Å². The van der Waals surface area contributed by atoms with E-state index in [0.717, 1.165) is 24.8 Å². The molecule has 126 valence electrons. The van der Waals surface area contributed by atoms with Gasteiger partial charge in [-0.15, -0.1) is 0 Å². The number of fused-ring (bicyclic) bond motifs is 1. The van der Waals surface area contributed by atoms with Crippen molar-refractivity contribution in [3.8, 4) is 11.1 Å². The zero-order chi connectivity index (χ0) is 17.6. The number of nitrogens with one attached hydrogen (secondary N) is 1. The van der Waals surface area contributed by atoms with Gasteiger partial charge in [-0.1, -0.05) is 29.8 Å². The Morgan fingerprint density at radius 3 is 2.44 bits per heavy atom. The van der Waals surface area contributed by atoms with Crippen LogP contribution in [0, 0.1) is 5.82 Å². The Labute approximate surface area is 148 Å². The van der Waals surface area contributed by atoms with E-state index < -0.39 is 16.7 Å². The van der Waals surface area contributed by atoms with Gasteiger partial charge in [-0.2, -0.15) is 0 Å². The summed E-state index contributed by atoms with van der Waals surface area (Å²) in [7, 11) is 0. The summed E-state index contributed by atoms with van der Waals surface area (Å²) in [5.74, 6) is -0.535. The molecule has 0 radical (unpaired) electrons. The molecule has 0 amide bonds. The van der Waals surface area contributed by atoms with Gasteiger partial charge in [0.15, 0.2) is 0 Å². The normalized spacial score (nSPS) is 13.7. The molecular formula is C20H15ClFNO2. The number of rotatable bonds is 3. The molecule has 0 atom stereocenters. The second kappa shape index (κ2) is 6.12. The smallest absolute Gasteiger partial charge is 0.250 e. The lowest BCUT2D eigenvalue weighted by Crippen LogP contribution is -2.35. The van der Waals surface area contributed by atoms with Crippen molar-refractivity contribution < 1.29 is 4.39 Å². The molecule has 0 saturated carbocycles. The molecule has 0 saturated heterocycles. The van der Waals surface area contributed by atoms with Crippen LogP contribution in [0.5, 0.6) is 0 Å². The first-order chi connectivity index (χ1) is 12.0. The van der Waals surface area contributed by atoms with Gasteiger partial charge >= 0.3 is 0 Å². The highest BCUT2D eigenvalue weighted by molar-refractivity contribution is 6.31. The molecule has 0 unspecified atom stereocenters. The molecular weight excluding hydrogens is 341 g/mol. The number of hydrogen-bond acceptors (Lipinski definition) is 3. The SMILES string of the molecule is O=c1c(Nc2ccc(F)c(Cl)c2)c(-c2ccc3c(c2)CCCC3)c1=O. The Morgan fingerprint density at radius 2 is 1.68 bits per heavy atom. The summed E-state index contributed by atoms with van der Waals surface area (Å²) in [6, 6.07) is 10.0. The predicted octanol–water partition coefficient (Wildman–Crippen LogP) is 4.36. The van der Waals surface area contributed by atoms with Crippen LogP contribution in [-0.4, -0.2) is 0 Å². The monoisotopic (exact) mass is 355 g/mol. The predicted molar refractivity (Wildman–Crippen MR) is 98.1 cm³/mol. The largest absolute Gasteiger partial charge is 0.352 e. The van der Waals surface area contributed by atoms with Crippen molar-refractivity contribution >= 4 is 23.0 Å². The number of anilines is 2. The summed E-state index contributed by atoms with van der Waals surface area (Å²) < 4.78 is 13.3. The first-order valence-electron chi connectivity index (χ1n) is 8.22. The van der Waals surface area contributed by atoms with Gasteiger partial charge in [0, 0.05) is 5.69 Å². The van der Waals surface area contributed by atoms with Crippen LogP contribution in [0.3, 0.4) is 0 Å². The van der Waals surface area contributed by atoms with Gasteiger partial charge in [-0.05, 0) is 60.6 Å². The fourth-order valence-corrected chi connectivity index (χ4v) is 3.57. The third-order valence-electron chi connectivity index (χ3n) is 4.74. The van der Waals surface area contributed by atoms with Crippen molar-refractivity contribution in [1.29, 1.82) is 0 Å². The van der Waals surface area contributed by atoms with Crippen LogP contribution in [0.4, 0.5) is 15.8 Å². The van der Waals surface area contributed by atoms with Crippen LogP contribution in [0.15, 0.2) is 46.0 Å². The molecule has 1 N–H and O–H groups in total. The number of halogens is 2. The van der Waals surface area contributed by atoms with Gasteiger partial charge < -0.3 is 5.32 Å². The van der Waals surface area contributed by atoms with Crippen LogP contribution in [-0.2, 0) is 12.8 Å². The summed E-state index contributed by atoms with van der Waals surface area (Å²) in [4.78, 5) is 24.1. The van der Waals surface area contributed by atoms with Crippen molar-refractivity contribution in [3.05, 3.63) is 78.8 Å². The van der Waals surface area contributed by atoms with Crippen molar-refractivity contribution in [2.75, 3.05) is 5.32 Å². The van der Waals surface area contributed by atoms with E-state index in [-0.39, 0.29) is 10.7 Å². The van der Waals surface area contributed by atoms with E-state index in [1.807, 2.05) is 18.2 Å². The Bertz CT molecular complexity index is 1050. The molecule has 0 fully saturated rings.